The number of esters is 1. The fraction of sp³-hybridized carbons (Fsp3) is 0.590. The topological polar surface area (TPSA) is 122 Å². The van der Waals surface area contributed by atoms with Crippen LogP contribution in [0.25, 0.3) is 11.1 Å². The molecule has 0 aliphatic heterocycles. The lowest BCUT2D eigenvalue weighted by Gasteiger charge is -2.14. The Bertz CT molecular complexity index is 1280. The Morgan fingerprint density at radius 1 is 0.638 bits per heavy atom. The number of amides is 2. The van der Waals surface area contributed by atoms with Crippen LogP contribution >= 0.6 is 0 Å². The highest BCUT2D eigenvalue weighted by atomic mass is 16.5. The first-order valence-electron chi connectivity index (χ1n) is 18.0. The van der Waals surface area contributed by atoms with Crippen LogP contribution in [0.5, 0.6) is 0 Å². The van der Waals surface area contributed by atoms with Crippen molar-refractivity contribution in [3.05, 3.63) is 53.6 Å². The van der Waals surface area contributed by atoms with Crippen molar-refractivity contribution in [1.29, 1.82) is 0 Å². The van der Waals surface area contributed by atoms with Crippen LogP contribution in [-0.4, -0.2) is 42.0 Å². The van der Waals surface area contributed by atoms with Gasteiger partial charge in [-0.25, -0.2) is 0 Å². The summed E-state index contributed by atoms with van der Waals surface area (Å²) in [6.45, 7) is 2.37. The number of carbonyl (C=O) groups is 4. The number of hydrogen-bond acceptors (Lipinski definition) is 5. The molecule has 2 aromatic carbocycles. The first kappa shape index (κ1) is 37.8. The zero-order valence-corrected chi connectivity index (χ0v) is 28.5. The lowest BCUT2D eigenvalue weighted by atomic mass is 9.97. The van der Waals surface area contributed by atoms with Gasteiger partial charge >= 0.3 is 11.9 Å². The van der Waals surface area contributed by atoms with Crippen molar-refractivity contribution >= 4 is 29.4 Å². The number of ether oxygens (including phenoxy) is 1. The van der Waals surface area contributed by atoms with E-state index in [2.05, 4.69) is 28.8 Å². The molecular weight excluding hydrogens is 592 g/mol. The standard InChI is InChI=1S/C39H56N2O6/c1-30(42)47-29-36-33-21-18-17-20-32(33)34-26-25-31(28-35(34)36)41-38(44)23-15-12-10-8-6-4-2-3-5-7-9-11-14-22-37(43)40-27-19-13-16-24-39(45)46/h17-18,20-21,25-26,28,36H,2-16,19,22-24,27,29H2,1H3,(H,40,43)(H,41,44)(H,45,46). The van der Waals surface area contributed by atoms with Gasteiger partial charge in [-0.2, -0.15) is 0 Å². The molecule has 8 nitrogen and oxygen atoms in total. The van der Waals surface area contributed by atoms with Gasteiger partial charge in [0.1, 0.15) is 6.61 Å². The van der Waals surface area contributed by atoms with Crippen molar-refractivity contribution in [3.8, 4) is 11.1 Å². The second-order valence-corrected chi connectivity index (χ2v) is 12.9. The molecule has 0 fully saturated rings. The summed E-state index contributed by atoms with van der Waals surface area (Å²) in [6.07, 6.45) is 18.9. The van der Waals surface area contributed by atoms with E-state index in [4.69, 9.17) is 9.84 Å². The molecule has 8 heteroatoms. The van der Waals surface area contributed by atoms with Gasteiger partial charge in [-0.1, -0.05) is 107 Å². The van der Waals surface area contributed by atoms with Gasteiger partial charge < -0.3 is 20.5 Å². The molecule has 0 heterocycles. The second kappa shape index (κ2) is 22.0. The molecular formula is C39H56N2O6. The van der Waals surface area contributed by atoms with Crippen LogP contribution in [0, 0.1) is 0 Å². The lowest BCUT2D eigenvalue weighted by Crippen LogP contribution is -2.23. The molecule has 0 saturated heterocycles. The van der Waals surface area contributed by atoms with E-state index in [1.54, 1.807) is 0 Å². The summed E-state index contributed by atoms with van der Waals surface area (Å²) in [4.78, 5) is 46.5. The third-order valence-electron chi connectivity index (χ3n) is 8.99. The van der Waals surface area contributed by atoms with Gasteiger partial charge in [0, 0.05) is 44.3 Å². The number of aliphatic carboxylic acids is 1. The van der Waals surface area contributed by atoms with Crippen LogP contribution in [0.1, 0.15) is 146 Å². The Morgan fingerprint density at radius 2 is 1.17 bits per heavy atom. The molecule has 1 atom stereocenters. The van der Waals surface area contributed by atoms with Crippen molar-refractivity contribution in [3.63, 3.8) is 0 Å². The molecule has 0 saturated carbocycles. The summed E-state index contributed by atoms with van der Waals surface area (Å²) in [5.41, 5.74) is 5.31. The summed E-state index contributed by atoms with van der Waals surface area (Å²) >= 11 is 0. The predicted octanol–water partition coefficient (Wildman–Crippen LogP) is 8.91. The number of carboxylic acids is 1. The number of fused-ring (bicyclic) bond motifs is 3. The van der Waals surface area contributed by atoms with E-state index in [9.17, 15) is 19.2 Å². The van der Waals surface area contributed by atoms with Crippen LogP contribution < -0.4 is 10.6 Å². The number of hydrogen-bond donors (Lipinski definition) is 3. The Balaban J connectivity index is 1.14. The van der Waals surface area contributed by atoms with Crippen LogP contribution in [0.4, 0.5) is 5.69 Å². The summed E-state index contributed by atoms with van der Waals surface area (Å²) in [5, 5.41) is 14.6. The minimum Gasteiger partial charge on any atom is -0.481 e. The molecule has 0 aromatic heterocycles. The molecule has 3 N–H and O–H groups in total. The third-order valence-corrected chi connectivity index (χ3v) is 8.99. The van der Waals surface area contributed by atoms with Gasteiger partial charge in [-0.05, 0) is 60.1 Å². The normalized spacial score (nSPS) is 13.1. The van der Waals surface area contributed by atoms with E-state index in [1.807, 2.05) is 24.3 Å². The van der Waals surface area contributed by atoms with E-state index in [-0.39, 0.29) is 30.1 Å². The van der Waals surface area contributed by atoms with Gasteiger partial charge in [0.05, 0.1) is 0 Å². The average Bonchev–Trinajstić information content (AvgIpc) is 3.36. The maximum atomic E-state index is 12.6. The average molecular weight is 649 g/mol. The largest absolute Gasteiger partial charge is 0.481 e. The molecule has 0 bridgehead atoms. The second-order valence-electron chi connectivity index (χ2n) is 12.9. The fourth-order valence-corrected chi connectivity index (χ4v) is 6.40. The van der Waals surface area contributed by atoms with E-state index in [1.165, 1.54) is 64.7 Å². The number of nitrogens with one attached hydrogen (secondary N) is 2. The van der Waals surface area contributed by atoms with Crippen molar-refractivity contribution < 1.29 is 29.0 Å². The molecule has 2 amide bonds. The maximum Gasteiger partial charge on any atom is 0.303 e. The molecule has 1 unspecified atom stereocenters. The Hall–Kier alpha value is -3.68. The highest BCUT2D eigenvalue weighted by molar-refractivity contribution is 5.92. The number of rotatable bonds is 25. The lowest BCUT2D eigenvalue weighted by molar-refractivity contribution is -0.141. The molecule has 47 heavy (non-hydrogen) atoms. The summed E-state index contributed by atoms with van der Waals surface area (Å²) < 4.78 is 5.37. The first-order valence-corrected chi connectivity index (χ1v) is 18.0. The van der Waals surface area contributed by atoms with Crippen molar-refractivity contribution in [2.75, 3.05) is 18.5 Å². The zero-order valence-electron chi connectivity index (χ0n) is 28.5. The number of benzene rings is 2. The smallest absolute Gasteiger partial charge is 0.303 e. The molecule has 258 valence electrons. The Morgan fingerprint density at radius 3 is 1.79 bits per heavy atom. The molecule has 1 aliphatic carbocycles. The quantitative estimate of drug-likeness (QED) is 0.0730. The molecule has 2 aromatic rings. The summed E-state index contributed by atoms with van der Waals surface area (Å²) in [6, 6.07) is 14.2. The van der Waals surface area contributed by atoms with Crippen LogP contribution in [0.15, 0.2) is 42.5 Å². The van der Waals surface area contributed by atoms with Gasteiger partial charge in [0.25, 0.3) is 0 Å². The first-order chi connectivity index (χ1) is 22.8. The number of carboxylic acid groups (broad SMARTS) is 1. The Kier molecular flexibility index (Phi) is 17.7. The van der Waals surface area contributed by atoms with Gasteiger partial charge in [-0.15, -0.1) is 0 Å². The molecule has 1 aliphatic rings. The van der Waals surface area contributed by atoms with Crippen LogP contribution in [-0.2, 0) is 23.9 Å². The summed E-state index contributed by atoms with van der Waals surface area (Å²) in [5.74, 6) is -0.920. The Labute approximate surface area is 281 Å². The monoisotopic (exact) mass is 648 g/mol. The third kappa shape index (κ3) is 14.7. The minimum absolute atomic E-state index is 0.0274. The number of carbonyl (C=O) groups excluding carboxylic acids is 3. The highest BCUT2D eigenvalue weighted by Gasteiger charge is 2.29. The highest BCUT2D eigenvalue weighted by Crippen LogP contribution is 2.45. The number of anilines is 1. The van der Waals surface area contributed by atoms with Gasteiger partial charge in [0.15, 0.2) is 0 Å². The maximum absolute atomic E-state index is 12.6. The molecule has 0 spiro atoms. The van der Waals surface area contributed by atoms with Gasteiger partial charge in [-0.3, -0.25) is 19.2 Å². The van der Waals surface area contributed by atoms with E-state index in [0.717, 1.165) is 66.5 Å². The minimum atomic E-state index is -0.758. The van der Waals surface area contributed by atoms with E-state index in [0.29, 0.717) is 32.4 Å². The summed E-state index contributed by atoms with van der Waals surface area (Å²) in [7, 11) is 0. The predicted molar refractivity (Wildman–Crippen MR) is 187 cm³/mol. The SMILES string of the molecule is CC(=O)OCC1c2ccccc2-c2ccc(NC(=O)CCCCCCCCCCCCCCCC(=O)NCCCCCC(=O)O)cc21. The molecule has 3 rings (SSSR count). The van der Waals surface area contributed by atoms with E-state index >= 15 is 0 Å². The number of unbranched alkanes of at least 4 members (excludes halogenated alkanes) is 14. The molecule has 0 radical (unpaired) electrons. The van der Waals surface area contributed by atoms with Crippen LogP contribution in [0.2, 0.25) is 0 Å². The van der Waals surface area contributed by atoms with Crippen molar-refractivity contribution in [2.24, 2.45) is 0 Å². The van der Waals surface area contributed by atoms with Crippen molar-refractivity contribution in [1.82, 2.24) is 5.32 Å². The fourth-order valence-electron chi connectivity index (χ4n) is 6.40. The van der Waals surface area contributed by atoms with Crippen LogP contribution in [0.3, 0.4) is 0 Å². The van der Waals surface area contributed by atoms with Gasteiger partial charge in [0.2, 0.25) is 11.8 Å². The zero-order chi connectivity index (χ0) is 33.7. The van der Waals surface area contributed by atoms with Crippen molar-refractivity contribution in [2.45, 2.75) is 135 Å². The van der Waals surface area contributed by atoms with E-state index < -0.39 is 5.97 Å².